The minimum absolute atomic E-state index is 0.0883. The van der Waals surface area contributed by atoms with Gasteiger partial charge in [0.05, 0.1) is 22.9 Å². The predicted octanol–water partition coefficient (Wildman–Crippen LogP) is 2.59. The molecule has 0 fully saturated rings. The lowest BCUT2D eigenvalue weighted by atomic mass is 9.90. The molecule has 2 rings (SSSR count). The molecule has 0 aliphatic rings. The second kappa shape index (κ2) is 8.20. The third-order valence-electron chi connectivity index (χ3n) is 4.18. The van der Waals surface area contributed by atoms with Crippen LogP contribution in [0.5, 0.6) is 5.75 Å². The average molecular weight is 374 g/mol. The third-order valence-corrected chi connectivity index (χ3v) is 4.18. The zero-order chi connectivity index (χ0) is 20.2. The fourth-order valence-corrected chi connectivity index (χ4v) is 2.40. The van der Waals surface area contributed by atoms with E-state index in [9.17, 15) is 9.59 Å². The molecule has 0 unspecified atom stereocenters. The molecule has 0 aliphatic carbocycles. The molecule has 2 N–H and O–H groups in total. The summed E-state index contributed by atoms with van der Waals surface area (Å²) in [6, 6.07) is 7.36. The van der Waals surface area contributed by atoms with Gasteiger partial charge in [0.1, 0.15) is 5.75 Å². The molecule has 27 heavy (non-hydrogen) atoms. The molecular weight excluding hydrogens is 348 g/mol. The average Bonchev–Trinajstić information content (AvgIpc) is 2.96. The fourth-order valence-electron chi connectivity index (χ4n) is 2.40. The summed E-state index contributed by atoms with van der Waals surface area (Å²) in [4.78, 5) is 23.5. The van der Waals surface area contributed by atoms with Crippen LogP contribution in [-0.2, 0) is 4.79 Å². The number of hydrogen-bond acceptors (Lipinski definition) is 5. The molecule has 0 aliphatic heterocycles. The van der Waals surface area contributed by atoms with Crippen molar-refractivity contribution in [1.29, 1.82) is 0 Å². The maximum atomic E-state index is 12.3. The van der Waals surface area contributed by atoms with Crippen LogP contribution in [0.3, 0.4) is 0 Å². The van der Waals surface area contributed by atoms with Crippen molar-refractivity contribution >= 4 is 11.9 Å². The summed E-state index contributed by atoms with van der Waals surface area (Å²) in [7, 11) is 0. The van der Waals surface area contributed by atoms with E-state index >= 15 is 0 Å². The third kappa shape index (κ3) is 5.06. The number of carboxylic acid groups (broad SMARTS) is 1. The van der Waals surface area contributed by atoms with Gasteiger partial charge in [-0.15, -0.1) is 5.10 Å². The van der Waals surface area contributed by atoms with E-state index in [0.717, 1.165) is 11.4 Å². The van der Waals surface area contributed by atoms with Crippen LogP contribution < -0.4 is 10.1 Å². The minimum atomic E-state index is -0.903. The first-order valence-corrected chi connectivity index (χ1v) is 8.83. The van der Waals surface area contributed by atoms with Gasteiger partial charge >= 0.3 is 5.97 Å². The predicted molar refractivity (Wildman–Crippen MR) is 100 cm³/mol. The summed E-state index contributed by atoms with van der Waals surface area (Å²) >= 11 is 0. The highest BCUT2D eigenvalue weighted by Crippen LogP contribution is 2.20. The molecule has 1 aromatic heterocycles. The molecule has 0 spiro atoms. The molecule has 0 atom stereocenters. The number of benzene rings is 1. The van der Waals surface area contributed by atoms with Crippen molar-refractivity contribution in [2.45, 2.75) is 47.1 Å². The Morgan fingerprint density at radius 3 is 2.44 bits per heavy atom. The lowest BCUT2D eigenvalue weighted by molar-refractivity contribution is -0.147. The van der Waals surface area contributed by atoms with Gasteiger partial charge in [-0.2, -0.15) is 0 Å². The first-order valence-electron chi connectivity index (χ1n) is 8.83. The van der Waals surface area contributed by atoms with E-state index in [1.54, 1.807) is 25.5 Å². The normalized spacial score (nSPS) is 11.5. The van der Waals surface area contributed by atoms with Crippen molar-refractivity contribution in [3.05, 3.63) is 35.7 Å². The van der Waals surface area contributed by atoms with Crippen LogP contribution in [0.25, 0.3) is 5.69 Å². The highest BCUT2D eigenvalue weighted by atomic mass is 16.5. The van der Waals surface area contributed by atoms with Crippen molar-refractivity contribution in [3.63, 3.8) is 0 Å². The molecule has 1 amide bonds. The summed E-state index contributed by atoms with van der Waals surface area (Å²) in [5.41, 5.74) is 0.676. The number of rotatable bonds is 8. The van der Waals surface area contributed by atoms with E-state index in [1.165, 1.54) is 0 Å². The Morgan fingerprint density at radius 1 is 1.26 bits per heavy atom. The number of ether oxygens (including phenoxy) is 1. The zero-order valence-electron chi connectivity index (χ0n) is 16.3. The van der Waals surface area contributed by atoms with Crippen LogP contribution in [-0.4, -0.2) is 44.6 Å². The number of hydrogen-bond donors (Lipinski definition) is 2. The molecule has 0 bridgehead atoms. The number of carbonyl (C=O) groups is 2. The lowest BCUT2D eigenvalue weighted by Gasteiger charge is -2.18. The van der Waals surface area contributed by atoms with E-state index in [-0.39, 0.29) is 24.2 Å². The van der Waals surface area contributed by atoms with Gasteiger partial charge in [0, 0.05) is 6.54 Å². The van der Waals surface area contributed by atoms with E-state index in [1.807, 2.05) is 38.1 Å². The topological polar surface area (TPSA) is 106 Å². The highest BCUT2D eigenvalue weighted by molar-refractivity contribution is 5.93. The number of nitrogens with one attached hydrogen (secondary N) is 1. The number of nitrogens with zero attached hydrogens (tertiary/aromatic N) is 3. The summed E-state index contributed by atoms with van der Waals surface area (Å²) < 4.78 is 7.19. The smallest absolute Gasteiger partial charge is 0.309 e. The van der Waals surface area contributed by atoms with Gasteiger partial charge in [0.25, 0.3) is 5.91 Å². The lowest BCUT2D eigenvalue weighted by Crippen LogP contribution is -2.32. The van der Waals surface area contributed by atoms with Crippen LogP contribution in [0, 0.1) is 12.3 Å². The van der Waals surface area contributed by atoms with Gasteiger partial charge in [-0.3, -0.25) is 9.59 Å². The Hall–Kier alpha value is -2.90. The Kier molecular flexibility index (Phi) is 6.20. The first kappa shape index (κ1) is 20.4. The van der Waals surface area contributed by atoms with E-state index in [2.05, 4.69) is 15.6 Å². The molecular formula is C19H26N4O4. The van der Waals surface area contributed by atoms with Gasteiger partial charge in [-0.05, 0) is 65.3 Å². The van der Waals surface area contributed by atoms with Crippen molar-refractivity contribution < 1.29 is 19.4 Å². The van der Waals surface area contributed by atoms with E-state index in [4.69, 9.17) is 9.84 Å². The van der Waals surface area contributed by atoms with Crippen molar-refractivity contribution in [2.75, 3.05) is 6.54 Å². The second-order valence-corrected chi connectivity index (χ2v) is 7.29. The van der Waals surface area contributed by atoms with Crippen molar-refractivity contribution in [1.82, 2.24) is 20.3 Å². The number of aliphatic carboxylic acids is 1. The molecule has 8 heteroatoms. The van der Waals surface area contributed by atoms with Crippen molar-refractivity contribution in [2.24, 2.45) is 5.41 Å². The summed E-state index contributed by atoms with van der Waals surface area (Å²) in [6.07, 6.45) is 0.406. The molecule has 0 saturated carbocycles. The largest absolute Gasteiger partial charge is 0.491 e. The fraction of sp³-hybridized carbons (Fsp3) is 0.474. The number of carboxylic acids is 1. The van der Waals surface area contributed by atoms with Crippen LogP contribution in [0.2, 0.25) is 0 Å². The van der Waals surface area contributed by atoms with Crippen LogP contribution in [0.4, 0.5) is 0 Å². The minimum Gasteiger partial charge on any atom is -0.491 e. The SMILES string of the molecule is Cc1c(C(=O)NCCC(C)(C)C(=O)O)nnn1-c1ccc(OC(C)C)cc1. The molecule has 2 aromatic rings. The molecule has 1 heterocycles. The number of amides is 1. The maximum Gasteiger partial charge on any atom is 0.309 e. The van der Waals surface area contributed by atoms with Crippen LogP contribution >= 0.6 is 0 Å². The molecule has 8 nitrogen and oxygen atoms in total. The summed E-state index contributed by atoms with van der Waals surface area (Å²) in [5.74, 6) is -0.519. The standard InChI is InChI=1S/C19H26N4O4/c1-12(2)27-15-8-6-14(7-9-15)23-13(3)16(21-22-23)17(24)20-11-10-19(4,5)18(25)26/h6-9,12H,10-11H2,1-5H3,(H,20,24)(H,25,26). The maximum absolute atomic E-state index is 12.3. The zero-order valence-corrected chi connectivity index (χ0v) is 16.3. The van der Waals surface area contributed by atoms with Gasteiger partial charge in [0.2, 0.25) is 0 Å². The Balaban J connectivity index is 2.06. The molecule has 0 radical (unpaired) electrons. The molecule has 1 aromatic carbocycles. The van der Waals surface area contributed by atoms with Gasteiger partial charge in [-0.25, -0.2) is 4.68 Å². The van der Waals surface area contributed by atoms with Crippen LogP contribution in [0.15, 0.2) is 24.3 Å². The Morgan fingerprint density at radius 2 is 1.89 bits per heavy atom. The summed E-state index contributed by atoms with van der Waals surface area (Å²) in [5, 5.41) is 19.8. The quantitative estimate of drug-likeness (QED) is 0.736. The summed E-state index contributed by atoms with van der Waals surface area (Å²) in [6.45, 7) is 9.15. The van der Waals surface area contributed by atoms with E-state index in [0.29, 0.717) is 12.1 Å². The first-order chi connectivity index (χ1) is 12.6. The molecule has 146 valence electrons. The second-order valence-electron chi connectivity index (χ2n) is 7.29. The highest BCUT2D eigenvalue weighted by Gasteiger charge is 2.27. The Bertz CT molecular complexity index is 810. The monoisotopic (exact) mass is 374 g/mol. The van der Waals surface area contributed by atoms with Crippen molar-refractivity contribution in [3.8, 4) is 11.4 Å². The van der Waals surface area contributed by atoms with Gasteiger partial charge < -0.3 is 15.2 Å². The molecule has 0 saturated heterocycles. The number of carbonyl (C=O) groups excluding carboxylic acids is 1. The Labute approximate surface area is 158 Å². The number of aromatic nitrogens is 3. The van der Waals surface area contributed by atoms with Gasteiger partial charge in [0.15, 0.2) is 5.69 Å². The van der Waals surface area contributed by atoms with E-state index < -0.39 is 11.4 Å². The van der Waals surface area contributed by atoms with Crippen LogP contribution in [0.1, 0.15) is 50.3 Å². The van der Waals surface area contributed by atoms with Gasteiger partial charge in [-0.1, -0.05) is 5.21 Å².